The maximum absolute atomic E-state index is 11.9. The number of ether oxygens (including phenoxy) is 2. The SMILES string of the molecule is CCNC(=NCc1cc(Br)c(OC)c(OC)c1)NCC(=O)NC(C)(C)C.I. The van der Waals surface area contributed by atoms with Crippen LogP contribution in [0.25, 0.3) is 0 Å². The van der Waals surface area contributed by atoms with Crippen molar-refractivity contribution in [3.05, 3.63) is 22.2 Å². The Hall–Kier alpha value is -1.23. The van der Waals surface area contributed by atoms with Crippen LogP contribution in [0.3, 0.4) is 0 Å². The molecule has 0 saturated heterocycles. The Morgan fingerprint density at radius 1 is 1.19 bits per heavy atom. The predicted molar refractivity (Wildman–Crippen MR) is 123 cm³/mol. The number of aliphatic imine (C=N–C) groups is 1. The maximum Gasteiger partial charge on any atom is 0.239 e. The van der Waals surface area contributed by atoms with Gasteiger partial charge in [-0.3, -0.25) is 4.79 Å². The number of hydrogen-bond donors (Lipinski definition) is 3. The molecule has 0 fully saturated rings. The zero-order valence-corrected chi connectivity index (χ0v) is 20.7. The topological polar surface area (TPSA) is 84.0 Å². The molecule has 0 saturated carbocycles. The first kappa shape index (κ1) is 25.8. The smallest absolute Gasteiger partial charge is 0.239 e. The molecule has 27 heavy (non-hydrogen) atoms. The highest BCUT2D eigenvalue weighted by molar-refractivity contribution is 14.0. The molecule has 0 radical (unpaired) electrons. The lowest BCUT2D eigenvalue weighted by Gasteiger charge is -2.21. The van der Waals surface area contributed by atoms with Gasteiger partial charge in [0.1, 0.15) is 0 Å². The summed E-state index contributed by atoms with van der Waals surface area (Å²) >= 11 is 3.48. The van der Waals surface area contributed by atoms with Gasteiger partial charge in [0.05, 0.1) is 31.8 Å². The quantitative estimate of drug-likeness (QED) is 0.273. The van der Waals surface area contributed by atoms with Crippen LogP contribution < -0.4 is 25.4 Å². The number of nitrogens with zero attached hydrogens (tertiary/aromatic N) is 1. The van der Waals surface area contributed by atoms with Gasteiger partial charge in [0.15, 0.2) is 17.5 Å². The number of amides is 1. The first-order chi connectivity index (χ1) is 12.2. The van der Waals surface area contributed by atoms with E-state index in [1.807, 2.05) is 39.8 Å². The Kier molecular flexibility index (Phi) is 11.7. The Morgan fingerprint density at radius 2 is 1.85 bits per heavy atom. The Bertz CT molecular complexity index is 648. The fourth-order valence-corrected chi connectivity index (χ4v) is 2.85. The van der Waals surface area contributed by atoms with Crippen LogP contribution in [0.1, 0.15) is 33.3 Å². The average Bonchev–Trinajstić information content (AvgIpc) is 2.55. The normalized spacial score (nSPS) is 11.3. The van der Waals surface area contributed by atoms with Crippen molar-refractivity contribution in [3.8, 4) is 11.5 Å². The summed E-state index contributed by atoms with van der Waals surface area (Å²) in [5.41, 5.74) is 0.686. The first-order valence-corrected chi connectivity index (χ1v) is 9.23. The summed E-state index contributed by atoms with van der Waals surface area (Å²) in [6.07, 6.45) is 0. The second kappa shape index (κ2) is 12.3. The largest absolute Gasteiger partial charge is 0.493 e. The lowest BCUT2D eigenvalue weighted by Crippen LogP contribution is -2.48. The van der Waals surface area contributed by atoms with Gasteiger partial charge in [-0.2, -0.15) is 0 Å². The predicted octanol–water partition coefficient (Wildman–Crippen LogP) is 3.05. The van der Waals surface area contributed by atoms with E-state index in [2.05, 4.69) is 36.9 Å². The standard InChI is InChI=1S/C18H29BrN4O3.HI/c1-7-20-17(22-11-15(24)23-18(2,3)4)21-10-12-8-13(19)16(26-6)14(9-12)25-5;/h8-9H,7,10-11H2,1-6H3,(H,23,24)(H2,20,21,22);1H. The summed E-state index contributed by atoms with van der Waals surface area (Å²) in [5, 5.41) is 9.07. The van der Waals surface area contributed by atoms with Crippen molar-refractivity contribution >= 4 is 51.8 Å². The van der Waals surface area contributed by atoms with E-state index in [0.717, 1.165) is 10.0 Å². The van der Waals surface area contributed by atoms with Crippen molar-refractivity contribution in [3.63, 3.8) is 0 Å². The van der Waals surface area contributed by atoms with Crippen molar-refractivity contribution in [1.29, 1.82) is 0 Å². The minimum atomic E-state index is -0.264. The van der Waals surface area contributed by atoms with Gasteiger partial charge in [-0.1, -0.05) is 0 Å². The van der Waals surface area contributed by atoms with Crippen LogP contribution in [0.2, 0.25) is 0 Å². The van der Waals surface area contributed by atoms with Crippen molar-refractivity contribution in [2.45, 2.75) is 39.8 Å². The molecule has 0 aliphatic heterocycles. The number of hydrogen-bond acceptors (Lipinski definition) is 4. The highest BCUT2D eigenvalue weighted by atomic mass is 127. The van der Waals surface area contributed by atoms with E-state index >= 15 is 0 Å². The van der Waals surface area contributed by atoms with Gasteiger partial charge in [0.2, 0.25) is 5.91 Å². The highest BCUT2D eigenvalue weighted by Crippen LogP contribution is 2.36. The van der Waals surface area contributed by atoms with Gasteiger partial charge in [0, 0.05) is 12.1 Å². The van der Waals surface area contributed by atoms with Crippen LogP contribution in [0.5, 0.6) is 11.5 Å². The van der Waals surface area contributed by atoms with Crippen LogP contribution >= 0.6 is 39.9 Å². The summed E-state index contributed by atoms with van der Waals surface area (Å²) < 4.78 is 11.5. The number of benzene rings is 1. The number of methoxy groups -OCH3 is 2. The molecule has 3 N–H and O–H groups in total. The third kappa shape index (κ3) is 9.50. The summed E-state index contributed by atoms with van der Waals surface area (Å²) in [5.74, 6) is 1.76. The molecule has 0 bridgehead atoms. The molecule has 0 atom stereocenters. The second-order valence-electron chi connectivity index (χ2n) is 6.66. The number of carbonyl (C=O) groups excluding carboxylic acids is 1. The fraction of sp³-hybridized carbons (Fsp3) is 0.556. The molecule has 154 valence electrons. The van der Waals surface area contributed by atoms with Gasteiger partial charge < -0.3 is 25.4 Å². The van der Waals surface area contributed by atoms with E-state index in [0.29, 0.717) is 30.5 Å². The molecule has 0 aromatic heterocycles. The molecule has 1 amide bonds. The van der Waals surface area contributed by atoms with Gasteiger partial charge in [-0.25, -0.2) is 4.99 Å². The molecule has 0 aliphatic carbocycles. The zero-order valence-electron chi connectivity index (χ0n) is 16.7. The first-order valence-electron chi connectivity index (χ1n) is 8.43. The molecule has 9 heteroatoms. The lowest BCUT2D eigenvalue weighted by atomic mass is 10.1. The average molecular weight is 557 g/mol. The minimum Gasteiger partial charge on any atom is -0.493 e. The maximum atomic E-state index is 11.9. The molecule has 0 aliphatic rings. The van der Waals surface area contributed by atoms with Gasteiger partial charge >= 0.3 is 0 Å². The van der Waals surface area contributed by atoms with Crippen LogP contribution in [0.15, 0.2) is 21.6 Å². The number of rotatable bonds is 7. The van der Waals surface area contributed by atoms with Crippen molar-refractivity contribution in [1.82, 2.24) is 16.0 Å². The Morgan fingerprint density at radius 3 is 2.37 bits per heavy atom. The van der Waals surface area contributed by atoms with Crippen molar-refractivity contribution < 1.29 is 14.3 Å². The zero-order chi connectivity index (χ0) is 19.7. The third-order valence-electron chi connectivity index (χ3n) is 3.19. The van der Waals surface area contributed by atoms with Gasteiger partial charge in [-0.05, 0) is 61.3 Å². The molecule has 1 aromatic carbocycles. The monoisotopic (exact) mass is 556 g/mol. The van der Waals surface area contributed by atoms with Gasteiger partial charge in [0.25, 0.3) is 0 Å². The highest BCUT2D eigenvalue weighted by Gasteiger charge is 2.14. The number of nitrogens with one attached hydrogen (secondary N) is 3. The van der Waals surface area contributed by atoms with E-state index in [4.69, 9.17) is 9.47 Å². The molecule has 0 spiro atoms. The Labute approximate surface area is 187 Å². The summed E-state index contributed by atoms with van der Waals surface area (Å²) in [7, 11) is 3.19. The lowest BCUT2D eigenvalue weighted by molar-refractivity contribution is -0.121. The van der Waals surface area contributed by atoms with Crippen LogP contribution in [-0.4, -0.2) is 44.7 Å². The van der Waals surface area contributed by atoms with Crippen molar-refractivity contribution in [2.24, 2.45) is 4.99 Å². The molecule has 1 aromatic rings. The minimum absolute atomic E-state index is 0. The van der Waals surface area contributed by atoms with E-state index < -0.39 is 0 Å². The third-order valence-corrected chi connectivity index (χ3v) is 3.78. The van der Waals surface area contributed by atoms with Crippen LogP contribution in [-0.2, 0) is 11.3 Å². The van der Waals surface area contributed by atoms with Crippen LogP contribution in [0.4, 0.5) is 0 Å². The number of carbonyl (C=O) groups is 1. The molecule has 1 rings (SSSR count). The van der Waals surface area contributed by atoms with Crippen molar-refractivity contribution in [2.75, 3.05) is 27.3 Å². The molecule has 0 heterocycles. The van der Waals surface area contributed by atoms with E-state index in [9.17, 15) is 4.79 Å². The summed E-state index contributed by atoms with van der Waals surface area (Å²) in [6.45, 7) is 9.08. The summed E-state index contributed by atoms with van der Waals surface area (Å²) in [4.78, 5) is 16.5. The molecule has 0 unspecified atom stereocenters. The number of halogens is 2. The molecular weight excluding hydrogens is 527 g/mol. The Balaban J connectivity index is 0.00000676. The molecule has 7 nitrogen and oxygen atoms in total. The second-order valence-corrected chi connectivity index (χ2v) is 7.51. The van der Waals surface area contributed by atoms with Crippen LogP contribution in [0, 0.1) is 0 Å². The van der Waals surface area contributed by atoms with E-state index in [-0.39, 0.29) is 42.0 Å². The van der Waals surface area contributed by atoms with E-state index in [1.165, 1.54) is 0 Å². The summed E-state index contributed by atoms with van der Waals surface area (Å²) in [6, 6.07) is 3.81. The number of guanidine groups is 1. The van der Waals surface area contributed by atoms with E-state index in [1.54, 1.807) is 14.2 Å². The van der Waals surface area contributed by atoms with Gasteiger partial charge in [-0.15, -0.1) is 24.0 Å². The molecular formula is C18H30BrIN4O3. The fourth-order valence-electron chi connectivity index (χ4n) is 2.20.